The summed E-state index contributed by atoms with van der Waals surface area (Å²) in [5.41, 5.74) is 3.46. The molecule has 36 heavy (non-hydrogen) atoms. The highest BCUT2D eigenvalue weighted by Crippen LogP contribution is 2.38. The van der Waals surface area contributed by atoms with Crippen LogP contribution in [-0.4, -0.2) is 44.1 Å². The van der Waals surface area contributed by atoms with Crippen LogP contribution in [0.5, 0.6) is 5.75 Å². The van der Waals surface area contributed by atoms with Crippen molar-refractivity contribution in [3.05, 3.63) is 67.1 Å². The number of halogens is 1. The molecule has 0 aliphatic carbocycles. The lowest BCUT2D eigenvalue weighted by atomic mass is 9.98. The van der Waals surface area contributed by atoms with Gasteiger partial charge in [0.1, 0.15) is 24.0 Å². The zero-order valence-electron chi connectivity index (χ0n) is 20.0. The normalized spacial score (nSPS) is 14.6. The number of pyridine rings is 1. The van der Waals surface area contributed by atoms with E-state index in [-0.39, 0.29) is 11.9 Å². The van der Waals surface area contributed by atoms with Crippen molar-refractivity contribution >= 4 is 33.3 Å². The molecule has 5 aromatic rings. The molecular formula is C27H25FN6O2. The predicted octanol–water partition coefficient (Wildman–Crippen LogP) is 5.27. The summed E-state index contributed by atoms with van der Waals surface area (Å²) in [6, 6.07) is 10.8. The molecule has 0 radical (unpaired) electrons. The average Bonchev–Trinajstić information content (AvgIpc) is 3.30. The van der Waals surface area contributed by atoms with Crippen LogP contribution in [0.3, 0.4) is 0 Å². The number of aromatic nitrogens is 5. The van der Waals surface area contributed by atoms with E-state index in [2.05, 4.69) is 32.3 Å². The van der Waals surface area contributed by atoms with E-state index in [1.165, 1.54) is 6.33 Å². The van der Waals surface area contributed by atoms with E-state index in [1.54, 1.807) is 41.3 Å². The van der Waals surface area contributed by atoms with Crippen molar-refractivity contribution in [3.63, 3.8) is 0 Å². The van der Waals surface area contributed by atoms with Crippen LogP contribution in [0.2, 0.25) is 0 Å². The Hall–Kier alpha value is -4.11. The van der Waals surface area contributed by atoms with E-state index >= 15 is 4.39 Å². The predicted molar refractivity (Wildman–Crippen MR) is 136 cm³/mol. The van der Waals surface area contributed by atoms with Crippen LogP contribution in [0.4, 0.5) is 15.9 Å². The zero-order valence-corrected chi connectivity index (χ0v) is 20.0. The van der Waals surface area contributed by atoms with E-state index < -0.39 is 0 Å². The summed E-state index contributed by atoms with van der Waals surface area (Å²) >= 11 is 0. The van der Waals surface area contributed by atoms with Gasteiger partial charge in [0.2, 0.25) is 0 Å². The van der Waals surface area contributed by atoms with E-state index in [4.69, 9.17) is 9.47 Å². The largest absolute Gasteiger partial charge is 0.489 e. The second kappa shape index (κ2) is 9.16. The maximum atomic E-state index is 15.4. The van der Waals surface area contributed by atoms with Crippen molar-refractivity contribution in [2.75, 3.05) is 18.5 Å². The number of anilines is 2. The summed E-state index contributed by atoms with van der Waals surface area (Å²) in [5, 5.41) is 8.62. The number of fused-ring (bicyclic) bond motifs is 2. The molecule has 0 spiro atoms. The van der Waals surface area contributed by atoms with Gasteiger partial charge in [0, 0.05) is 36.3 Å². The average molecular weight is 485 g/mol. The van der Waals surface area contributed by atoms with Gasteiger partial charge in [-0.15, -0.1) is 0 Å². The number of ether oxygens (including phenoxy) is 2. The molecule has 1 atom stereocenters. The molecule has 1 fully saturated rings. The van der Waals surface area contributed by atoms with Crippen molar-refractivity contribution in [2.45, 2.75) is 19.4 Å². The van der Waals surface area contributed by atoms with E-state index in [0.717, 1.165) is 17.5 Å². The fourth-order valence-electron chi connectivity index (χ4n) is 4.56. The first-order valence-electron chi connectivity index (χ1n) is 11.9. The molecule has 2 aromatic carbocycles. The minimum absolute atomic E-state index is 0.0253. The van der Waals surface area contributed by atoms with Crippen LogP contribution in [0.15, 0.2) is 61.3 Å². The number of rotatable bonds is 7. The molecule has 182 valence electrons. The van der Waals surface area contributed by atoms with Crippen molar-refractivity contribution < 1.29 is 13.9 Å². The smallest absolute Gasteiger partial charge is 0.156 e. The molecule has 3 aromatic heterocycles. The van der Waals surface area contributed by atoms with Crippen LogP contribution in [0, 0.1) is 11.7 Å². The molecule has 0 saturated carbocycles. The Morgan fingerprint density at radius 1 is 1.14 bits per heavy atom. The molecule has 6 rings (SSSR count). The summed E-state index contributed by atoms with van der Waals surface area (Å²) < 4.78 is 29.1. The fraction of sp³-hybridized carbons (Fsp3) is 0.259. The molecule has 4 heterocycles. The van der Waals surface area contributed by atoms with E-state index in [9.17, 15) is 0 Å². The molecule has 8 nitrogen and oxygen atoms in total. The maximum absolute atomic E-state index is 15.4. The van der Waals surface area contributed by atoms with Crippen molar-refractivity contribution in [1.29, 1.82) is 0 Å². The Bertz CT molecular complexity index is 1570. The molecule has 1 unspecified atom stereocenters. The molecular weight excluding hydrogens is 459 g/mol. The minimum Gasteiger partial charge on any atom is -0.489 e. The van der Waals surface area contributed by atoms with Crippen molar-refractivity contribution in [3.8, 4) is 16.9 Å². The third-order valence-electron chi connectivity index (χ3n) is 6.58. The fourth-order valence-corrected chi connectivity index (χ4v) is 4.56. The lowest BCUT2D eigenvalue weighted by molar-refractivity contribution is -0.0832. The lowest BCUT2D eigenvalue weighted by Gasteiger charge is -2.33. The Balaban J connectivity index is 1.48. The second-order valence-electron chi connectivity index (χ2n) is 8.98. The highest BCUT2D eigenvalue weighted by molar-refractivity contribution is 5.99. The first-order valence-corrected chi connectivity index (χ1v) is 11.9. The summed E-state index contributed by atoms with van der Waals surface area (Å²) in [6.07, 6.45) is 7.67. The first-order chi connectivity index (χ1) is 17.6. The highest BCUT2D eigenvalue weighted by Gasteiger charge is 2.30. The van der Waals surface area contributed by atoms with Crippen LogP contribution >= 0.6 is 0 Å². The van der Waals surface area contributed by atoms with Crippen LogP contribution in [0.25, 0.3) is 32.9 Å². The number of nitrogens with one attached hydrogen (secondary N) is 1. The Kier molecular flexibility index (Phi) is 5.69. The van der Waals surface area contributed by atoms with Gasteiger partial charge in [0.15, 0.2) is 5.82 Å². The summed E-state index contributed by atoms with van der Waals surface area (Å²) in [4.78, 5) is 13.2. The van der Waals surface area contributed by atoms with Gasteiger partial charge in [0.05, 0.1) is 41.5 Å². The Morgan fingerprint density at radius 3 is 2.78 bits per heavy atom. The number of aryl methyl sites for hydroxylation is 1. The maximum Gasteiger partial charge on any atom is 0.156 e. The third kappa shape index (κ3) is 4.01. The molecule has 1 aliphatic heterocycles. The Morgan fingerprint density at radius 2 is 2.03 bits per heavy atom. The van der Waals surface area contributed by atoms with Crippen LogP contribution < -0.4 is 10.1 Å². The van der Waals surface area contributed by atoms with Crippen molar-refractivity contribution in [1.82, 2.24) is 24.7 Å². The highest BCUT2D eigenvalue weighted by atomic mass is 19.1. The van der Waals surface area contributed by atoms with Gasteiger partial charge in [0.25, 0.3) is 0 Å². The van der Waals surface area contributed by atoms with Crippen LogP contribution in [0.1, 0.15) is 13.3 Å². The zero-order chi connectivity index (χ0) is 24.6. The second-order valence-corrected chi connectivity index (χ2v) is 8.98. The van der Waals surface area contributed by atoms with E-state index in [0.29, 0.717) is 58.2 Å². The minimum atomic E-state index is -0.389. The van der Waals surface area contributed by atoms with Crippen LogP contribution in [-0.2, 0) is 11.8 Å². The summed E-state index contributed by atoms with van der Waals surface area (Å²) in [6.45, 7) is 3.46. The van der Waals surface area contributed by atoms with Gasteiger partial charge in [-0.25, -0.2) is 14.4 Å². The van der Waals surface area contributed by atoms with Gasteiger partial charge in [-0.2, -0.15) is 5.10 Å². The molecule has 0 amide bonds. The van der Waals surface area contributed by atoms with Gasteiger partial charge in [-0.1, -0.05) is 6.92 Å². The van der Waals surface area contributed by atoms with Gasteiger partial charge >= 0.3 is 0 Å². The number of nitrogens with zero attached hydrogens (tertiary/aromatic N) is 5. The molecule has 1 saturated heterocycles. The summed E-state index contributed by atoms with van der Waals surface area (Å²) in [7, 11) is 1.88. The third-order valence-corrected chi connectivity index (χ3v) is 6.58. The monoisotopic (exact) mass is 484 g/mol. The van der Waals surface area contributed by atoms with Gasteiger partial charge in [-0.3, -0.25) is 9.67 Å². The molecule has 0 bridgehead atoms. The van der Waals surface area contributed by atoms with Gasteiger partial charge in [-0.05, 0) is 48.4 Å². The first kappa shape index (κ1) is 22.4. The number of benzene rings is 2. The molecule has 1 aliphatic rings. The summed E-state index contributed by atoms with van der Waals surface area (Å²) in [5.74, 6) is 1.03. The number of hydrogen-bond donors (Lipinski definition) is 1. The number of hydrogen-bond acceptors (Lipinski definition) is 7. The SMILES string of the molecule is CCC(Oc1cc(-c2cnn(C)c2)cc2ncnc(Nc3ccc4ncccc4c3F)c12)C1COC1. The quantitative estimate of drug-likeness (QED) is 0.337. The molecule has 9 heteroatoms. The lowest BCUT2D eigenvalue weighted by Crippen LogP contribution is -2.40. The Labute approximate surface area is 207 Å². The topological polar surface area (TPSA) is 87.0 Å². The standard InChI is InChI=1S/C27H25FN6O2/c1-3-23(18-13-35-14-18)36-24-10-16(17-11-32-34(2)12-17)9-22-25(24)27(31-15-30-22)33-21-7-6-20-19(26(21)28)5-4-8-29-20/h4-12,15,18,23H,3,13-14H2,1-2H3,(H,30,31,33). The van der Waals surface area contributed by atoms with Gasteiger partial charge < -0.3 is 14.8 Å². The molecule has 1 N–H and O–H groups in total. The van der Waals surface area contributed by atoms with Crippen molar-refractivity contribution in [2.24, 2.45) is 13.0 Å². The van der Waals surface area contributed by atoms with E-state index in [1.807, 2.05) is 25.4 Å².